The topological polar surface area (TPSA) is 41.5 Å². The van der Waals surface area contributed by atoms with Gasteiger partial charge in [-0.15, -0.1) is 5.73 Å². The molecule has 0 saturated heterocycles. The molecule has 0 spiro atoms. The Morgan fingerprint density at radius 3 is 3.45 bits per heavy atom. The van der Waals surface area contributed by atoms with Gasteiger partial charge in [0.2, 0.25) is 6.41 Å². The predicted octanol–water partition coefficient (Wildman–Crippen LogP) is 0.412. The molecule has 0 aliphatic carbocycles. The molecule has 1 N–H and O–H groups in total. The van der Waals surface area contributed by atoms with Gasteiger partial charge in [0.05, 0.1) is 6.20 Å². The summed E-state index contributed by atoms with van der Waals surface area (Å²) in [4.78, 5) is 13.8. The normalized spacial score (nSPS) is 14.0. The highest BCUT2D eigenvalue weighted by atomic mass is 16.1. The summed E-state index contributed by atoms with van der Waals surface area (Å²) in [5.74, 6) is 0. The first-order valence-corrected chi connectivity index (χ1v) is 3.24. The van der Waals surface area contributed by atoms with Crippen LogP contribution in [-0.4, -0.2) is 19.2 Å². The monoisotopic (exact) mass is 148 g/mol. The Morgan fingerprint density at radius 1 is 1.73 bits per heavy atom. The Hall–Kier alpha value is -1.60. The summed E-state index contributed by atoms with van der Waals surface area (Å²) in [7, 11) is 0. The first kappa shape index (κ1) is 7.51. The Bertz CT molecular complexity index is 257. The molecule has 0 aromatic carbocycles. The number of hydrogen-bond donors (Lipinski definition) is 1. The number of rotatable bonds is 3. The molecule has 0 atom stereocenters. The van der Waals surface area contributed by atoms with Crippen molar-refractivity contribution in [3.63, 3.8) is 0 Å². The molecule has 56 valence electrons. The Balaban J connectivity index is 2.56. The lowest BCUT2D eigenvalue weighted by molar-refractivity contribution is -0.109. The van der Waals surface area contributed by atoms with Crippen molar-refractivity contribution >= 4 is 12.6 Å². The molecule has 0 saturated carbocycles. The van der Waals surface area contributed by atoms with Gasteiger partial charge in [-0.05, 0) is 17.7 Å². The third kappa shape index (κ3) is 2.65. The molecule has 3 nitrogen and oxygen atoms in total. The van der Waals surface area contributed by atoms with Crippen molar-refractivity contribution in [2.75, 3.05) is 6.54 Å². The molecule has 1 aliphatic heterocycles. The second-order valence-corrected chi connectivity index (χ2v) is 1.98. The zero-order valence-corrected chi connectivity index (χ0v) is 5.95. The van der Waals surface area contributed by atoms with Crippen molar-refractivity contribution in [1.82, 2.24) is 5.32 Å². The van der Waals surface area contributed by atoms with E-state index in [1.165, 1.54) is 0 Å². The first-order valence-electron chi connectivity index (χ1n) is 3.24. The molecule has 0 aromatic heterocycles. The van der Waals surface area contributed by atoms with Crippen LogP contribution in [0.1, 0.15) is 0 Å². The molecule has 3 heteroatoms. The number of nitrogens with zero attached hydrogens (tertiary/aromatic N) is 1. The maximum atomic E-state index is 9.92. The van der Waals surface area contributed by atoms with Gasteiger partial charge < -0.3 is 5.32 Å². The minimum Gasteiger partial charge on any atom is -0.355 e. The third-order valence-electron chi connectivity index (χ3n) is 1.18. The minimum atomic E-state index is 0.524. The Morgan fingerprint density at radius 2 is 2.64 bits per heavy atom. The molecular weight excluding hydrogens is 140 g/mol. The van der Waals surface area contributed by atoms with E-state index in [1.54, 1.807) is 18.5 Å². The number of carbonyl (C=O) groups is 1. The van der Waals surface area contributed by atoms with Crippen LogP contribution in [-0.2, 0) is 4.79 Å². The highest BCUT2D eigenvalue weighted by Crippen LogP contribution is 1.94. The second-order valence-electron chi connectivity index (χ2n) is 1.98. The van der Waals surface area contributed by atoms with Gasteiger partial charge in [-0.3, -0.25) is 9.79 Å². The van der Waals surface area contributed by atoms with E-state index in [1.807, 2.05) is 6.08 Å². The predicted molar refractivity (Wildman–Crippen MR) is 43.3 cm³/mol. The molecule has 1 heterocycles. The maximum Gasteiger partial charge on any atom is 0.207 e. The number of amides is 1. The van der Waals surface area contributed by atoms with Crippen LogP contribution in [0, 0.1) is 0 Å². The molecule has 0 radical (unpaired) electrons. The quantitative estimate of drug-likeness (QED) is 0.457. The van der Waals surface area contributed by atoms with Crippen LogP contribution in [0.3, 0.4) is 0 Å². The number of nitrogens with one attached hydrogen (secondary N) is 1. The van der Waals surface area contributed by atoms with Gasteiger partial charge in [-0.25, -0.2) is 0 Å². The maximum absolute atomic E-state index is 9.92. The van der Waals surface area contributed by atoms with E-state index in [2.05, 4.69) is 16.0 Å². The lowest BCUT2D eigenvalue weighted by Crippen LogP contribution is -2.13. The van der Waals surface area contributed by atoms with Crippen LogP contribution in [0.5, 0.6) is 0 Å². The van der Waals surface area contributed by atoms with Crippen molar-refractivity contribution in [3.8, 4) is 0 Å². The summed E-state index contributed by atoms with van der Waals surface area (Å²) in [5.41, 5.74) is 3.82. The molecule has 0 fully saturated rings. The summed E-state index contributed by atoms with van der Waals surface area (Å²) in [6.07, 6.45) is 7.51. The highest BCUT2D eigenvalue weighted by molar-refractivity contribution is 5.74. The van der Waals surface area contributed by atoms with E-state index in [4.69, 9.17) is 0 Å². The van der Waals surface area contributed by atoms with Crippen molar-refractivity contribution in [1.29, 1.82) is 0 Å². The fraction of sp³-hybridized carbons (Fsp3) is 0.125. The molecule has 0 bridgehead atoms. The van der Waals surface area contributed by atoms with Gasteiger partial charge in [0.25, 0.3) is 0 Å². The van der Waals surface area contributed by atoms with Crippen LogP contribution in [0.4, 0.5) is 0 Å². The molecular formula is C8H8N2O. The largest absolute Gasteiger partial charge is 0.355 e. The molecule has 0 aromatic rings. The minimum absolute atomic E-state index is 0.524. The fourth-order valence-corrected chi connectivity index (χ4v) is 0.687. The van der Waals surface area contributed by atoms with Gasteiger partial charge in [0, 0.05) is 12.8 Å². The SMILES string of the molecule is O=CNCC1=CC=NC=C=C1. The van der Waals surface area contributed by atoms with Gasteiger partial charge >= 0.3 is 0 Å². The van der Waals surface area contributed by atoms with E-state index < -0.39 is 0 Å². The van der Waals surface area contributed by atoms with E-state index in [9.17, 15) is 4.79 Å². The Labute approximate surface area is 64.8 Å². The number of allylic oxidation sites excluding steroid dienone is 1. The van der Waals surface area contributed by atoms with Gasteiger partial charge in [-0.1, -0.05) is 0 Å². The zero-order chi connectivity index (χ0) is 7.94. The van der Waals surface area contributed by atoms with E-state index in [0.29, 0.717) is 13.0 Å². The van der Waals surface area contributed by atoms with Gasteiger partial charge in [-0.2, -0.15) is 0 Å². The summed E-state index contributed by atoms with van der Waals surface area (Å²) in [5, 5.41) is 2.55. The van der Waals surface area contributed by atoms with Crippen molar-refractivity contribution in [3.05, 3.63) is 29.7 Å². The highest BCUT2D eigenvalue weighted by Gasteiger charge is 1.89. The van der Waals surface area contributed by atoms with Crippen LogP contribution >= 0.6 is 0 Å². The zero-order valence-electron chi connectivity index (χ0n) is 5.95. The average molecular weight is 148 g/mol. The third-order valence-corrected chi connectivity index (χ3v) is 1.18. The number of aliphatic imine (C=N–C) groups is 1. The molecule has 1 amide bonds. The summed E-state index contributed by atoms with van der Waals surface area (Å²) >= 11 is 0. The van der Waals surface area contributed by atoms with Crippen LogP contribution in [0.15, 0.2) is 34.6 Å². The van der Waals surface area contributed by atoms with Crippen molar-refractivity contribution < 1.29 is 4.79 Å². The second kappa shape index (κ2) is 4.25. The van der Waals surface area contributed by atoms with Crippen LogP contribution in [0.25, 0.3) is 0 Å². The summed E-state index contributed by atoms with van der Waals surface area (Å²) < 4.78 is 0. The van der Waals surface area contributed by atoms with E-state index >= 15 is 0 Å². The fourth-order valence-electron chi connectivity index (χ4n) is 0.687. The van der Waals surface area contributed by atoms with Crippen molar-refractivity contribution in [2.45, 2.75) is 0 Å². The molecule has 1 rings (SSSR count). The molecule has 0 unspecified atom stereocenters. The number of hydrogen-bond acceptors (Lipinski definition) is 2. The summed E-state index contributed by atoms with van der Waals surface area (Å²) in [6, 6.07) is 0. The molecule has 1 aliphatic rings. The van der Waals surface area contributed by atoms with Crippen molar-refractivity contribution in [2.24, 2.45) is 4.99 Å². The van der Waals surface area contributed by atoms with Gasteiger partial charge in [0.15, 0.2) is 0 Å². The van der Waals surface area contributed by atoms with Crippen LogP contribution in [0.2, 0.25) is 0 Å². The molecule has 11 heavy (non-hydrogen) atoms. The Kier molecular flexibility index (Phi) is 2.90. The lowest BCUT2D eigenvalue weighted by atomic mass is 10.2. The standard InChI is InChI=1S/C8H8N2O/c11-7-10-6-8-2-1-4-9-5-3-8/h2-5,7H,6H2,(H,10,11). The van der Waals surface area contributed by atoms with Gasteiger partial charge in [0.1, 0.15) is 0 Å². The first-order chi connectivity index (χ1) is 5.43. The van der Waals surface area contributed by atoms with E-state index in [0.717, 1.165) is 5.57 Å². The van der Waals surface area contributed by atoms with E-state index in [-0.39, 0.29) is 0 Å². The lowest BCUT2D eigenvalue weighted by Gasteiger charge is -1.95. The smallest absolute Gasteiger partial charge is 0.207 e. The average Bonchev–Trinajstić information content (AvgIpc) is 2.28. The van der Waals surface area contributed by atoms with Crippen LogP contribution < -0.4 is 5.32 Å². The number of carbonyl (C=O) groups excluding carboxylic acids is 1. The summed E-state index contributed by atoms with van der Waals surface area (Å²) in [6.45, 7) is 0.524.